The zero-order chi connectivity index (χ0) is 24.7. The third-order valence-electron chi connectivity index (χ3n) is 4.61. The van der Waals surface area contributed by atoms with Crippen molar-refractivity contribution in [2.45, 2.75) is 26.5 Å². The molecule has 0 unspecified atom stereocenters. The lowest BCUT2D eigenvalue weighted by molar-refractivity contribution is -0.156. The van der Waals surface area contributed by atoms with Crippen LogP contribution >= 0.6 is 11.6 Å². The molecule has 10 nitrogen and oxygen atoms in total. The van der Waals surface area contributed by atoms with E-state index in [0.29, 0.717) is 21.7 Å². The minimum Gasteiger partial charge on any atom is -0.463 e. The second-order valence-electron chi connectivity index (χ2n) is 7.93. The molecule has 12 heteroatoms. The van der Waals surface area contributed by atoms with Crippen molar-refractivity contribution in [3.63, 3.8) is 0 Å². The fourth-order valence-electron chi connectivity index (χ4n) is 2.96. The van der Waals surface area contributed by atoms with Gasteiger partial charge in [-0.15, -0.1) is 5.10 Å². The first kappa shape index (κ1) is 25.2. The Hall–Kier alpha value is -3.41. The summed E-state index contributed by atoms with van der Waals surface area (Å²) in [5.41, 5.74) is 4.24. The summed E-state index contributed by atoms with van der Waals surface area (Å²) in [6.07, 6.45) is -1.51. The van der Waals surface area contributed by atoms with Crippen molar-refractivity contribution in [3.8, 4) is 11.1 Å². The number of rotatable bonds is 10. The number of aliphatic hydroxyl groups is 1. The van der Waals surface area contributed by atoms with Crippen LogP contribution in [0.15, 0.2) is 42.5 Å². The number of ether oxygens (including phenoxy) is 1. The molecule has 1 aromatic heterocycles. The van der Waals surface area contributed by atoms with Gasteiger partial charge in [-0.1, -0.05) is 49.7 Å². The number of tetrazole rings is 1. The van der Waals surface area contributed by atoms with Crippen molar-refractivity contribution in [1.82, 2.24) is 31.1 Å². The summed E-state index contributed by atoms with van der Waals surface area (Å²) in [5.74, 6) is -1.91. The van der Waals surface area contributed by atoms with Gasteiger partial charge in [0.2, 0.25) is 5.82 Å². The van der Waals surface area contributed by atoms with Gasteiger partial charge < -0.3 is 9.84 Å². The summed E-state index contributed by atoms with van der Waals surface area (Å²) >= 11 is 5.98. The summed E-state index contributed by atoms with van der Waals surface area (Å²) in [6, 6.07) is 11.2. The standard InChI is InChI=1S/C22H24ClFN6O4/c1-13(2)12-34-22(33)19(31)11-30(27-21(32)20-25-28-29-26-20)10-14-3-5-15(6-4-14)17-9-16(23)7-8-18(17)24/h3-9,13,19,31H,10-12H2,1-2H3,(H,27,32)(H,25,26,28,29)/t19-/m1/s1. The lowest BCUT2D eigenvalue weighted by atomic mass is 10.0. The van der Waals surface area contributed by atoms with Crippen LogP contribution in [-0.2, 0) is 16.1 Å². The number of hydrogen-bond acceptors (Lipinski definition) is 8. The minimum atomic E-state index is -1.51. The predicted octanol–water partition coefficient (Wildman–Crippen LogP) is 2.37. The molecule has 0 saturated carbocycles. The van der Waals surface area contributed by atoms with Crippen LogP contribution in [0.25, 0.3) is 11.1 Å². The van der Waals surface area contributed by atoms with E-state index in [1.54, 1.807) is 24.3 Å². The molecular formula is C22H24ClFN6O4. The highest BCUT2D eigenvalue weighted by molar-refractivity contribution is 6.30. The van der Waals surface area contributed by atoms with E-state index < -0.39 is 23.8 Å². The van der Waals surface area contributed by atoms with Crippen molar-refractivity contribution in [2.24, 2.45) is 5.92 Å². The Bertz CT molecular complexity index is 1110. The highest BCUT2D eigenvalue weighted by atomic mass is 35.5. The van der Waals surface area contributed by atoms with E-state index in [9.17, 15) is 19.1 Å². The first-order chi connectivity index (χ1) is 16.2. The molecule has 3 rings (SSSR count). The number of nitrogens with zero attached hydrogens (tertiary/aromatic N) is 4. The smallest absolute Gasteiger partial charge is 0.336 e. The molecular weight excluding hydrogens is 467 g/mol. The normalized spacial score (nSPS) is 12.1. The maximum atomic E-state index is 14.2. The van der Waals surface area contributed by atoms with Gasteiger partial charge in [-0.25, -0.2) is 19.3 Å². The maximum Gasteiger partial charge on any atom is 0.336 e. The van der Waals surface area contributed by atoms with E-state index in [1.165, 1.54) is 23.2 Å². The molecule has 1 amide bonds. The molecule has 0 aliphatic carbocycles. The van der Waals surface area contributed by atoms with Crippen LogP contribution in [0, 0.1) is 11.7 Å². The molecule has 180 valence electrons. The number of amides is 1. The Morgan fingerprint density at radius 2 is 1.97 bits per heavy atom. The summed E-state index contributed by atoms with van der Waals surface area (Å²) < 4.78 is 19.2. The number of hydrazine groups is 1. The van der Waals surface area contributed by atoms with Crippen molar-refractivity contribution in [2.75, 3.05) is 13.2 Å². The van der Waals surface area contributed by atoms with Crippen LogP contribution < -0.4 is 5.43 Å². The van der Waals surface area contributed by atoms with E-state index in [1.807, 2.05) is 13.8 Å². The molecule has 0 fully saturated rings. The number of aromatic nitrogens is 4. The molecule has 0 spiro atoms. The number of nitrogens with one attached hydrogen (secondary N) is 2. The van der Waals surface area contributed by atoms with Gasteiger partial charge in [0, 0.05) is 17.1 Å². The summed E-state index contributed by atoms with van der Waals surface area (Å²) in [7, 11) is 0. The third kappa shape index (κ3) is 7.04. The quantitative estimate of drug-likeness (QED) is 0.291. The van der Waals surface area contributed by atoms with Gasteiger partial charge >= 0.3 is 11.9 Å². The maximum absolute atomic E-state index is 14.2. The van der Waals surface area contributed by atoms with Crippen molar-refractivity contribution < 1.29 is 23.8 Å². The average Bonchev–Trinajstić information content (AvgIpc) is 3.35. The Balaban J connectivity index is 1.74. The molecule has 0 saturated heterocycles. The number of benzene rings is 2. The van der Waals surface area contributed by atoms with Crippen molar-refractivity contribution >= 4 is 23.5 Å². The zero-order valence-electron chi connectivity index (χ0n) is 18.5. The summed E-state index contributed by atoms with van der Waals surface area (Å²) in [6.45, 7) is 3.76. The molecule has 3 aromatic rings. The van der Waals surface area contributed by atoms with Gasteiger partial charge in [-0.3, -0.25) is 10.2 Å². The molecule has 1 heterocycles. The molecule has 34 heavy (non-hydrogen) atoms. The number of halogens is 2. The first-order valence-electron chi connectivity index (χ1n) is 10.4. The summed E-state index contributed by atoms with van der Waals surface area (Å²) in [4.78, 5) is 24.5. The first-order valence-corrected chi connectivity index (χ1v) is 10.8. The Morgan fingerprint density at radius 3 is 2.62 bits per heavy atom. The number of aromatic amines is 1. The second kappa shape index (κ2) is 11.6. The number of esters is 1. The van der Waals surface area contributed by atoms with E-state index in [0.717, 1.165) is 0 Å². The fourth-order valence-corrected chi connectivity index (χ4v) is 3.13. The topological polar surface area (TPSA) is 133 Å². The molecule has 0 radical (unpaired) electrons. The van der Waals surface area contributed by atoms with Crippen LogP contribution in [0.1, 0.15) is 30.0 Å². The third-order valence-corrected chi connectivity index (χ3v) is 4.85. The van der Waals surface area contributed by atoms with Crippen LogP contribution in [0.2, 0.25) is 5.02 Å². The molecule has 0 bridgehead atoms. The van der Waals surface area contributed by atoms with E-state index in [4.69, 9.17) is 16.3 Å². The monoisotopic (exact) mass is 490 g/mol. The highest BCUT2D eigenvalue weighted by Crippen LogP contribution is 2.26. The van der Waals surface area contributed by atoms with Crippen molar-refractivity contribution in [3.05, 3.63) is 64.7 Å². The Kier molecular flexibility index (Phi) is 8.63. The summed E-state index contributed by atoms with van der Waals surface area (Å²) in [5, 5.41) is 24.6. The minimum absolute atomic E-state index is 0.105. The van der Waals surface area contributed by atoms with Crippen LogP contribution in [-0.4, -0.2) is 61.9 Å². The van der Waals surface area contributed by atoms with Crippen LogP contribution in [0.4, 0.5) is 4.39 Å². The average molecular weight is 491 g/mol. The van der Waals surface area contributed by atoms with E-state index >= 15 is 0 Å². The number of carbonyl (C=O) groups excluding carboxylic acids is 2. The predicted molar refractivity (Wildman–Crippen MR) is 121 cm³/mol. The molecule has 2 aromatic carbocycles. The SMILES string of the molecule is CC(C)COC(=O)[C@H](O)CN(Cc1ccc(-c2cc(Cl)ccc2F)cc1)NC(=O)c1nnn[nH]1. The van der Waals surface area contributed by atoms with E-state index in [2.05, 4.69) is 26.0 Å². The zero-order valence-corrected chi connectivity index (χ0v) is 19.3. The highest BCUT2D eigenvalue weighted by Gasteiger charge is 2.23. The molecule has 3 N–H and O–H groups in total. The lowest BCUT2D eigenvalue weighted by Gasteiger charge is -2.25. The van der Waals surface area contributed by atoms with Gasteiger partial charge in [0.15, 0.2) is 6.10 Å². The van der Waals surface area contributed by atoms with Gasteiger partial charge in [-0.2, -0.15) is 0 Å². The number of H-pyrrole nitrogens is 1. The van der Waals surface area contributed by atoms with Gasteiger partial charge in [0.1, 0.15) is 5.82 Å². The van der Waals surface area contributed by atoms with Crippen LogP contribution in [0.5, 0.6) is 0 Å². The van der Waals surface area contributed by atoms with Gasteiger partial charge in [-0.05, 0) is 45.7 Å². The largest absolute Gasteiger partial charge is 0.463 e. The second-order valence-corrected chi connectivity index (χ2v) is 8.37. The van der Waals surface area contributed by atoms with Crippen molar-refractivity contribution in [1.29, 1.82) is 0 Å². The van der Waals surface area contributed by atoms with Gasteiger partial charge in [0.25, 0.3) is 0 Å². The number of carbonyl (C=O) groups is 2. The van der Waals surface area contributed by atoms with Gasteiger partial charge in [0.05, 0.1) is 13.2 Å². The Labute approximate surface area is 200 Å². The molecule has 1 atom stereocenters. The van der Waals surface area contributed by atoms with E-state index in [-0.39, 0.29) is 31.4 Å². The molecule has 0 aliphatic rings. The number of aliphatic hydroxyl groups excluding tert-OH is 1. The fraction of sp³-hybridized carbons (Fsp3) is 0.318. The number of hydrogen-bond donors (Lipinski definition) is 3. The lowest BCUT2D eigenvalue weighted by Crippen LogP contribution is -2.48. The Morgan fingerprint density at radius 1 is 1.24 bits per heavy atom. The van der Waals surface area contributed by atoms with Crippen LogP contribution in [0.3, 0.4) is 0 Å². The molecule has 0 aliphatic heterocycles.